The second-order valence-electron chi connectivity index (χ2n) is 2.69. The summed E-state index contributed by atoms with van der Waals surface area (Å²) in [5.41, 5.74) is 1.16. The van der Waals surface area contributed by atoms with Gasteiger partial charge in [0.05, 0.1) is 21.4 Å². The topological polar surface area (TPSA) is 26.5 Å². The van der Waals surface area contributed by atoms with Crippen molar-refractivity contribution in [2.75, 3.05) is 7.04 Å². The molecule has 0 fully saturated rings. The Morgan fingerprint density at radius 2 is 2.64 bits per heavy atom. The van der Waals surface area contributed by atoms with Crippen LogP contribution in [0.15, 0.2) is 18.3 Å². The molecule has 2 aromatic heterocycles. The fourth-order valence-electron chi connectivity index (χ4n) is 1.21. The Hall–Kier alpha value is -0.330. The molecule has 0 radical (unpaired) electrons. The maximum atomic E-state index is 6.98. The fraction of sp³-hybridized carbons (Fsp3) is 0.222. The maximum absolute atomic E-state index is 6.98. The van der Waals surface area contributed by atoms with E-state index in [0.29, 0.717) is 16.4 Å². The number of imidazole rings is 1. The van der Waals surface area contributed by atoms with Crippen molar-refractivity contribution in [3.05, 3.63) is 32.7 Å². The van der Waals surface area contributed by atoms with Gasteiger partial charge in [-0.1, -0.05) is 11.6 Å². The van der Waals surface area contributed by atoms with E-state index in [-0.39, 0.29) is 6.61 Å². The predicted octanol–water partition coefficient (Wildman–Crippen LogP) is 2.74. The largest absolute Gasteiger partial charge is 0.378 e. The second kappa shape index (κ2) is 4.04. The molecule has 14 heavy (non-hydrogen) atoms. The van der Waals surface area contributed by atoms with Crippen LogP contribution in [0.2, 0.25) is 5.02 Å². The summed E-state index contributed by atoms with van der Waals surface area (Å²) in [5.74, 6) is 0. The SMILES string of the molecule is [2H]C([2H])([2H])OCc1nc2c(Cl)cccn2c1I. The van der Waals surface area contributed by atoms with Gasteiger partial charge in [0.2, 0.25) is 0 Å². The van der Waals surface area contributed by atoms with Gasteiger partial charge >= 0.3 is 0 Å². The van der Waals surface area contributed by atoms with Crippen LogP contribution in [0.1, 0.15) is 9.81 Å². The summed E-state index contributed by atoms with van der Waals surface area (Å²) in [5, 5.41) is 0.519. The summed E-state index contributed by atoms with van der Waals surface area (Å²) >= 11 is 8.07. The van der Waals surface area contributed by atoms with E-state index >= 15 is 0 Å². The first-order chi connectivity index (χ1) is 7.88. The Bertz CT molecular complexity index is 555. The van der Waals surface area contributed by atoms with Gasteiger partial charge in [-0.15, -0.1) is 0 Å². The van der Waals surface area contributed by atoms with E-state index in [4.69, 9.17) is 20.5 Å². The molecule has 5 heteroatoms. The lowest BCUT2D eigenvalue weighted by atomic mass is 10.5. The van der Waals surface area contributed by atoms with E-state index in [0.717, 1.165) is 3.70 Å². The molecule has 0 aliphatic rings. The minimum atomic E-state index is -2.41. The Balaban J connectivity index is 2.36. The van der Waals surface area contributed by atoms with Gasteiger partial charge in [-0.2, -0.15) is 0 Å². The molecule has 74 valence electrons. The molecule has 0 aromatic carbocycles. The molecule has 0 aliphatic carbocycles. The monoisotopic (exact) mass is 325 g/mol. The lowest BCUT2D eigenvalue weighted by Crippen LogP contribution is -1.91. The number of rotatable bonds is 2. The van der Waals surface area contributed by atoms with Gasteiger partial charge in [0.15, 0.2) is 5.65 Å². The Labute approximate surface area is 104 Å². The molecular weight excluding hydrogens is 314 g/mol. The smallest absolute Gasteiger partial charge is 0.156 e. The van der Waals surface area contributed by atoms with E-state index in [1.54, 1.807) is 16.5 Å². The molecule has 2 rings (SSSR count). The first-order valence-corrected chi connectivity index (χ1v) is 5.29. The molecule has 2 heterocycles. The Morgan fingerprint density at radius 1 is 1.79 bits per heavy atom. The van der Waals surface area contributed by atoms with Gasteiger partial charge in [0, 0.05) is 13.2 Å². The number of methoxy groups -OCH3 is 1. The van der Waals surface area contributed by atoms with Crippen LogP contribution in [-0.4, -0.2) is 16.4 Å². The first-order valence-electron chi connectivity index (χ1n) is 5.33. The molecular formula is C9H8ClIN2O. The van der Waals surface area contributed by atoms with Gasteiger partial charge in [-0.25, -0.2) is 4.98 Å². The van der Waals surface area contributed by atoms with Gasteiger partial charge in [0.25, 0.3) is 0 Å². The molecule has 0 saturated carbocycles. The highest BCUT2D eigenvalue weighted by molar-refractivity contribution is 14.1. The van der Waals surface area contributed by atoms with Crippen molar-refractivity contribution >= 4 is 39.8 Å². The van der Waals surface area contributed by atoms with Crippen molar-refractivity contribution in [3.63, 3.8) is 0 Å². The number of halogens is 2. The summed E-state index contributed by atoms with van der Waals surface area (Å²) in [7, 11) is -2.41. The van der Waals surface area contributed by atoms with Crippen molar-refractivity contribution in [2.45, 2.75) is 6.61 Å². The van der Waals surface area contributed by atoms with Crippen molar-refractivity contribution in [3.8, 4) is 0 Å². The van der Waals surface area contributed by atoms with Crippen molar-refractivity contribution in [1.29, 1.82) is 0 Å². The highest BCUT2D eigenvalue weighted by Gasteiger charge is 2.10. The van der Waals surface area contributed by atoms with Crippen molar-refractivity contribution in [1.82, 2.24) is 9.38 Å². The summed E-state index contributed by atoms with van der Waals surface area (Å²) < 4.78 is 28.3. The number of nitrogens with zero attached hydrogens (tertiary/aromatic N) is 2. The standard InChI is InChI=1S/C9H8ClIN2O/c1-14-5-7-8(11)13-4-2-3-6(10)9(13)12-7/h2-4H,5H2,1H3/i1D3. The predicted molar refractivity (Wildman–Crippen MR) is 63.6 cm³/mol. The van der Waals surface area contributed by atoms with Gasteiger partial charge < -0.3 is 4.74 Å². The molecule has 0 atom stereocenters. The number of ether oxygens (including phenoxy) is 1. The van der Waals surface area contributed by atoms with E-state index < -0.39 is 7.04 Å². The number of fused-ring (bicyclic) bond motifs is 1. The van der Waals surface area contributed by atoms with Gasteiger partial charge in [0.1, 0.15) is 3.70 Å². The fourth-order valence-corrected chi connectivity index (χ4v) is 2.08. The molecule has 0 unspecified atom stereocenters. The summed E-state index contributed by atoms with van der Waals surface area (Å²) in [6.07, 6.45) is 1.81. The third-order valence-corrected chi connectivity index (χ3v) is 3.26. The molecule has 0 N–H and O–H groups in total. The van der Waals surface area contributed by atoms with E-state index in [1.807, 2.05) is 6.20 Å². The summed E-state index contributed by atoms with van der Waals surface area (Å²) in [6.45, 7) is -0.0627. The van der Waals surface area contributed by atoms with Crippen molar-refractivity contribution in [2.24, 2.45) is 0 Å². The molecule has 2 aromatic rings. The highest BCUT2D eigenvalue weighted by atomic mass is 127. The van der Waals surface area contributed by atoms with Gasteiger partial charge in [-0.05, 0) is 34.7 Å². The zero-order valence-electron chi connectivity index (χ0n) is 10.00. The average molecular weight is 326 g/mol. The normalized spacial score (nSPS) is 15.1. The number of aromatic nitrogens is 2. The zero-order valence-corrected chi connectivity index (χ0v) is 9.91. The van der Waals surface area contributed by atoms with E-state index in [9.17, 15) is 0 Å². The van der Waals surface area contributed by atoms with Crippen LogP contribution in [0.4, 0.5) is 0 Å². The highest BCUT2D eigenvalue weighted by Crippen LogP contribution is 2.21. The van der Waals surface area contributed by atoms with E-state index in [2.05, 4.69) is 27.6 Å². The Morgan fingerprint density at radius 3 is 3.36 bits per heavy atom. The van der Waals surface area contributed by atoms with Crippen LogP contribution in [-0.2, 0) is 11.3 Å². The molecule has 0 aliphatic heterocycles. The second-order valence-corrected chi connectivity index (χ2v) is 4.12. The maximum Gasteiger partial charge on any atom is 0.156 e. The zero-order chi connectivity index (χ0) is 12.6. The lowest BCUT2D eigenvalue weighted by Gasteiger charge is -1.95. The van der Waals surface area contributed by atoms with Crippen molar-refractivity contribution < 1.29 is 8.85 Å². The number of hydrogen-bond acceptors (Lipinski definition) is 2. The molecule has 0 amide bonds. The third kappa shape index (κ3) is 1.62. The van der Waals surface area contributed by atoms with Crippen LogP contribution in [0, 0.1) is 3.70 Å². The average Bonchev–Trinajstić information content (AvgIpc) is 2.54. The molecule has 3 nitrogen and oxygen atoms in total. The molecule has 0 bridgehead atoms. The van der Waals surface area contributed by atoms with Crippen LogP contribution in [0.3, 0.4) is 0 Å². The quantitative estimate of drug-likeness (QED) is 0.794. The minimum absolute atomic E-state index is 0.0627. The summed E-state index contributed by atoms with van der Waals surface area (Å²) in [6, 6.07) is 3.53. The van der Waals surface area contributed by atoms with E-state index in [1.165, 1.54) is 0 Å². The van der Waals surface area contributed by atoms with Crippen LogP contribution in [0.5, 0.6) is 0 Å². The number of pyridine rings is 1. The van der Waals surface area contributed by atoms with Crippen LogP contribution in [0.25, 0.3) is 5.65 Å². The first kappa shape index (κ1) is 7.03. The third-order valence-electron chi connectivity index (χ3n) is 1.82. The van der Waals surface area contributed by atoms with Gasteiger partial charge in [-0.3, -0.25) is 4.40 Å². The Kier molecular flexibility index (Phi) is 2.03. The van der Waals surface area contributed by atoms with Crippen LogP contribution < -0.4 is 0 Å². The van der Waals surface area contributed by atoms with Crippen LogP contribution >= 0.6 is 34.2 Å². The lowest BCUT2D eigenvalue weighted by molar-refractivity contribution is 0.181. The minimum Gasteiger partial charge on any atom is -0.378 e. The molecule has 0 saturated heterocycles. The summed E-state index contributed by atoms with van der Waals surface area (Å²) in [4.78, 5) is 4.26. The molecule has 0 spiro atoms. The number of hydrogen-bond donors (Lipinski definition) is 0.